The smallest absolute Gasteiger partial charge is 0.160 e. The van der Waals surface area contributed by atoms with Crippen LogP contribution in [-0.4, -0.2) is 9.97 Å². The molecule has 0 saturated carbocycles. The second kappa shape index (κ2) is 13.9. The Hall–Kier alpha value is -7.42. The predicted octanol–water partition coefficient (Wildman–Crippen LogP) is 15.1. The molecule has 278 valence electrons. The van der Waals surface area contributed by atoms with E-state index in [9.17, 15) is 0 Å². The molecule has 10 aromatic rings. The molecular weight excluding hydrogens is 713 g/mol. The summed E-state index contributed by atoms with van der Waals surface area (Å²) < 4.78 is 0. The van der Waals surface area contributed by atoms with Crippen molar-refractivity contribution in [2.24, 2.45) is 0 Å². The molecule has 0 N–H and O–H groups in total. The SMILES string of the molecule is CC1(C)c2cc(-c3ccc(-c4ccc(-c5cc(-c6cccc(-c7ccccc7)c6)nc(-c6ccccc6)n5)c5ccccc45)cc3)ccc2-c2cc3ccccc3cc21. The predicted molar refractivity (Wildman–Crippen MR) is 247 cm³/mol. The van der Waals surface area contributed by atoms with Crippen LogP contribution < -0.4 is 0 Å². The highest BCUT2D eigenvalue weighted by atomic mass is 14.9. The monoisotopic (exact) mass is 752 g/mol. The average Bonchev–Trinajstić information content (AvgIpc) is 3.52. The molecule has 1 aliphatic rings. The molecule has 11 rings (SSSR count). The van der Waals surface area contributed by atoms with Crippen LogP contribution in [0.5, 0.6) is 0 Å². The van der Waals surface area contributed by atoms with Gasteiger partial charge in [-0.15, -0.1) is 0 Å². The highest BCUT2D eigenvalue weighted by Gasteiger charge is 2.36. The zero-order valence-electron chi connectivity index (χ0n) is 33.0. The normalized spacial score (nSPS) is 12.7. The van der Waals surface area contributed by atoms with Crippen LogP contribution in [-0.2, 0) is 5.41 Å². The quantitative estimate of drug-likeness (QED) is 0.169. The van der Waals surface area contributed by atoms with E-state index in [0.717, 1.165) is 39.0 Å². The molecule has 2 heteroatoms. The lowest BCUT2D eigenvalue weighted by atomic mass is 9.81. The molecule has 2 nitrogen and oxygen atoms in total. The lowest BCUT2D eigenvalue weighted by Gasteiger charge is -2.22. The average molecular weight is 753 g/mol. The molecule has 1 heterocycles. The molecule has 0 bridgehead atoms. The number of fused-ring (bicyclic) bond motifs is 5. The highest BCUT2D eigenvalue weighted by Crippen LogP contribution is 2.51. The fraction of sp³-hybridized carbons (Fsp3) is 0.0526. The van der Waals surface area contributed by atoms with Crippen molar-refractivity contribution in [1.82, 2.24) is 9.97 Å². The third-order valence-electron chi connectivity index (χ3n) is 12.3. The molecule has 0 spiro atoms. The van der Waals surface area contributed by atoms with E-state index in [4.69, 9.17) is 9.97 Å². The topological polar surface area (TPSA) is 25.8 Å². The van der Waals surface area contributed by atoms with Crippen molar-refractivity contribution in [3.05, 3.63) is 217 Å². The lowest BCUT2D eigenvalue weighted by molar-refractivity contribution is 0.661. The second-order valence-electron chi connectivity index (χ2n) is 16.2. The van der Waals surface area contributed by atoms with E-state index in [1.807, 2.05) is 18.2 Å². The van der Waals surface area contributed by atoms with Crippen LogP contribution in [0.25, 0.3) is 100.0 Å². The summed E-state index contributed by atoms with van der Waals surface area (Å²) in [5, 5.41) is 4.93. The van der Waals surface area contributed by atoms with Crippen molar-refractivity contribution in [2.75, 3.05) is 0 Å². The Labute approximate surface area is 345 Å². The Balaban J connectivity index is 0.967. The van der Waals surface area contributed by atoms with Crippen LogP contribution in [0, 0.1) is 0 Å². The number of aromatic nitrogens is 2. The van der Waals surface area contributed by atoms with Gasteiger partial charge in [0.1, 0.15) is 0 Å². The van der Waals surface area contributed by atoms with Crippen LogP contribution in [0.1, 0.15) is 25.0 Å². The van der Waals surface area contributed by atoms with Crippen LogP contribution in [0.15, 0.2) is 206 Å². The largest absolute Gasteiger partial charge is 0.228 e. The summed E-state index contributed by atoms with van der Waals surface area (Å²) >= 11 is 0. The van der Waals surface area contributed by atoms with Gasteiger partial charge in [0.05, 0.1) is 11.4 Å². The van der Waals surface area contributed by atoms with Crippen molar-refractivity contribution in [2.45, 2.75) is 19.3 Å². The third kappa shape index (κ3) is 6.04. The van der Waals surface area contributed by atoms with E-state index in [2.05, 4.69) is 202 Å². The Morgan fingerprint density at radius 3 is 1.58 bits per heavy atom. The van der Waals surface area contributed by atoms with E-state index >= 15 is 0 Å². The third-order valence-corrected chi connectivity index (χ3v) is 12.3. The molecule has 1 aliphatic carbocycles. The minimum atomic E-state index is -0.0796. The zero-order valence-corrected chi connectivity index (χ0v) is 33.0. The van der Waals surface area contributed by atoms with Crippen molar-refractivity contribution < 1.29 is 0 Å². The molecule has 1 aromatic heterocycles. The number of rotatable bonds is 6. The van der Waals surface area contributed by atoms with Gasteiger partial charge in [-0.3, -0.25) is 0 Å². The highest BCUT2D eigenvalue weighted by molar-refractivity contribution is 6.05. The van der Waals surface area contributed by atoms with Crippen LogP contribution in [0.3, 0.4) is 0 Å². The molecule has 0 amide bonds. The first-order valence-electron chi connectivity index (χ1n) is 20.4. The summed E-state index contributed by atoms with van der Waals surface area (Å²) in [6.45, 7) is 4.73. The molecule has 59 heavy (non-hydrogen) atoms. The number of hydrogen-bond acceptors (Lipinski definition) is 2. The molecule has 0 atom stereocenters. The maximum absolute atomic E-state index is 5.23. The van der Waals surface area contributed by atoms with Crippen molar-refractivity contribution in [3.63, 3.8) is 0 Å². The van der Waals surface area contributed by atoms with Gasteiger partial charge in [-0.25, -0.2) is 9.97 Å². The molecule has 0 radical (unpaired) electrons. The molecule has 0 fully saturated rings. The standard InChI is InChI=1S/C57H40N2/c1-57(2)52-35-44(28-29-49(52)51-33-42-18-9-10-19-43(42)34-53(51)57)38-24-26-39(27-25-38)46-30-31-50(48-23-12-11-22-47(46)48)55-36-54(58-56(59-55)40-16-7-4-8-17-40)45-21-13-20-41(32-45)37-14-5-3-6-15-37/h3-36H,1-2H3. The Bertz CT molecular complexity index is 3220. The number of nitrogens with zero attached hydrogens (tertiary/aromatic N) is 2. The fourth-order valence-electron chi connectivity index (χ4n) is 9.16. The van der Waals surface area contributed by atoms with Gasteiger partial charge in [0.25, 0.3) is 0 Å². The van der Waals surface area contributed by atoms with Crippen LogP contribution in [0.4, 0.5) is 0 Å². The van der Waals surface area contributed by atoms with Gasteiger partial charge in [-0.2, -0.15) is 0 Å². The van der Waals surface area contributed by atoms with Gasteiger partial charge in [-0.05, 0) is 108 Å². The van der Waals surface area contributed by atoms with E-state index in [1.165, 1.54) is 66.2 Å². The van der Waals surface area contributed by atoms with Gasteiger partial charge < -0.3 is 0 Å². The van der Waals surface area contributed by atoms with Crippen LogP contribution >= 0.6 is 0 Å². The summed E-state index contributed by atoms with van der Waals surface area (Å²) in [5.74, 6) is 0.708. The van der Waals surface area contributed by atoms with Gasteiger partial charge in [0, 0.05) is 22.1 Å². The number of hydrogen-bond donors (Lipinski definition) is 0. The summed E-state index contributed by atoms with van der Waals surface area (Å²) in [7, 11) is 0. The van der Waals surface area contributed by atoms with E-state index in [0.29, 0.717) is 5.82 Å². The van der Waals surface area contributed by atoms with Crippen molar-refractivity contribution >= 4 is 21.5 Å². The Morgan fingerprint density at radius 2 is 0.814 bits per heavy atom. The first-order valence-corrected chi connectivity index (χ1v) is 20.4. The first kappa shape index (κ1) is 34.8. The Kier molecular flexibility index (Phi) is 8.20. The molecular formula is C57H40N2. The number of benzene rings is 9. The molecule has 9 aromatic carbocycles. The lowest BCUT2D eigenvalue weighted by Crippen LogP contribution is -2.15. The van der Waals surface area contributed by atoms with Crippen molar-refractivity contribution in [1.29, 1.82) is 0 Å². The molecule has 0 unspecified atom stereocenters. The van der Waals surface area contributed by atoms with Crippen LogP contribution in [0.2, 0.25) is 0 Å². The minimum absolute atomic E-state index is 0.0796. The fourth-order valence-corrected chi connectivity index (χ4v) is 9.16. The van der Waals surface area contributed by atoms with Crippen molar-refractivity contribution in [3.8, 4) is 78.4 Å². The van der Waals surface area contributed by atoms with E-state index < -0.39 is 0 Å². The Morgan fingerprint density at radius 1 is 0.305 bits per heavy atom. The summed E-state index contributed by atoms with van der Waals surface area (Å²) in [5.41, 5.74) is 17.5. The molecule has 0 saturated heterocycles. The minimum Gasteiger partial charge on any atom is -0.228 e. The first-order chi connectivity index (χ1) is 29.0. The van der Waals surface area contributed by atoms with Gasteiger partial charge in [0.15, 0.2) is 5.82 Å². The summed E-state index contributed by atoms with van der Waals surface area (Å²) in [6, 6.07) is 74.4. The van der Waals surface area contributed by atoms with Gasteiger partial charge >= 0.3 is 0 Å². The van der Waals surface area contributed by atoms with Gasteiger partial charge in [-0.1, -0.05) is 190 Å². The molecule has 0 aliphatic heterocycles. The summed E-state index contributed by atoms with van der Waals surface area (Å²) in [4.78, 5) is 10.4. The van der Waals surface area contributed by atoms with E-state index in [-0.39, 0.29) is 5.41 Å². The maximum Gasteiger partial charge on any atom is 0.160 e. The second-order valence-corrected chi connectivity index (χ2v) is 16.2. The zero-order chi connectivity index (χ0) is 39.5. The summed E-state index contributed by atoms with van der Waals surface area (Å²) in [6.07, 6.45) is 0. The van der Waals surface area contributed by atoms with E-state index in [1.54, 1.807) is 0 Å². The van der Waals surface area contributed by atoms with Gasteiger partial charge in [0.2, 0.25) is 0 Å². The maximum atomic E-state index is 5.23.